The quantitative estimate of drug-likeness (QED) is 0.0417. The van der Waals surface area contributed by atoms with Gasteiger partial charge < -0.3 is 60.9 Å². The molecule has 7 rings (SSSR count). The molecule has 0 spiro atoms. The second-order valence-electron chi connectivity index (χ2n) is 14.5. The number of fused-ring (bicyclic) bond motifs is 2. The summed E-state index contributed by atoms with van der Waals surface area (Å²) in [5, 5.41) is 43.0. The van der Waals surface area contributed by atoms with E-state index in [0.717, 1.165) is 0 Å². The van der Waals surface area contributed by atoms with Gasteiger partial charge in [0.05, 0.1) is 45.6 Å². The number of aromatic amines is 2. The van der Waals surface area contributed by atoms with Gasteiger partial charge in [-0.25, -0.2) is 22.8 Å². The Balaban J connectivity index is 0.979. The molecule has 0 amide bonds. The first kappa shape index (κ1) is 45.4. The number of aromatic nitrogens is 8. The van der Waals surface area contributed by atoms with Crippen molar-refractivity contribution in [1.29, 1.82) is 0 Å². The van der Waals surface area contributed by atoms with E-state index in [2.05, 4.69) is 19.9 Å². The maximum Gasteiger partial charge on any atom is 0.472 e. The van der Waals surface area contributed by atoms with Crippen molar-refractivity contribution in [2.24, 2.45) is 14.1 Å². The number of ether oxygens (including phenoxy) is 2. The van der Waals surface area contributed by atoms with Crippen LogP contribution in [0.2, 0.25) is 0 Å². The number of nitrogen functional groups attached to an aromatic ring is 2. The average Bonchev–Trinajstić information content (AvgIpc) is 3.82. The first-order valence-corrected chi connectivity index (χ1v) is 22.5. The Bertz CT molecular complexity index is 2400. The van der Waals surface area contributed by atoms with E-state index in [-0.39, 0.29) is 34.2 Å². The summed E-state index contributed by atoms with van der Waals surface area (Å²) in [5.74, 6) is -0.504. The lowest BCUT2D eigenvalue weighted by molar-refractivity contribution is -0.646. The van der Waals surface area contributed by atoms with Crippen molar-refractivity contribution in [3.05, 3.63) is 33.4 Å². The van der Waals surface area contributed by atoms with Gasteiger partial charge in [-0.1, -0.05) is 0 Å². The van der Waals surface area contributed by atoms with E-state index in [9.17, 15) is 63.3 Å². The zero-order chi connectivity index (χ0) is 44.5. The van der Waals surface area contributed by atoms with E-state index in [1.807, 2.05) is 0 Å². The third kappa shape index (κ3) is 9.66. The molecular weight excluding hydrogens is 889 g/mol. The fourth-order valence-electron chi connectivity index (χ4n) is 7.50. The number of H-pyrrole nitrogens is 2. The van der Waals surface area contributed by atoms with Crippen LogP contribution in [-0.4, -0.2) is 137 Å². The molecule has 6 heterocycles. The van der Waals surface area contributed by atoms with Crippen molar-refractivity contribution in [3.63, 3.8) is 0 Å². The van der Waals surface area contributed by atoms with Gasteiger partial charge in [0, 0.05) is 19.3 Å². The largest absolute Gasteiger partial charge is 0.472 e. The number of hydrogen-bond donors (Lipinski definition) is 12. The number of phosphoric ester groups is 3. The number of nitrogens with zero attached hydrogens (tertiary/aromatic N) is 6. The van der Waals surface area contributed by atoms with Gasteiger partial charge in [-0.3, -0.25) is 42.2 Å². The Morgan fingerprint density at radius 2 is 1.05 bits per heavy atom. The van der Waals surface area contributed by atoms with Gasteiger partial charge >= 0.3 is 34.6 Å². The second kappa shape index (κ2) is 16.8. The molecule has 2 unspecified atom stereocenters. The fraction of sp³-hybridized carbons (Fsp3) is 0.643. The summed E-state index contributed by atoms with van der Waals surface area (Å²) in [6, 6.07) is 0. The number of nitrogens with two attached hydrogens (primary N) is 2. The summed E-state index contributed by atoms with van der Waals surface area (Å²) in [6.45, 7) is -1.74. The van der Waals surface area contributed by atoms with Crippen molar-refractivity contribution >= 4 is 57.7 Å². The van der Waals surface area contributed by atoms with Crippen molar-refractivity contribution in [2.45, 2.75) is 86.7 Å². The van der Waals surface area contributed by atoms with Gasteiger partial charge in [-0.15, -0.1) is 0 Å². The van der Waals surface area contributed by atoms with Gasteiger partial charge in [0.15, 0.2) is 0 Å². The van der Waals surface area contributed by atoms with E-state index < -0.39 is 134 Å². The lowest BCUT2D eigenvalue weighted by Gasteiger charge is -2.35. The molecule has 4 aromatic rings. The van der Waals surface area contributed by atoms with E-state index in [1.165, 1.54) is 45.0 Å². The van der Waals surface area contributed by atoms with Crippen LogP contribution in [0.1, 0.15) is 31.7 Å². The van der Waals surface area contributed by atoms with Crippen LogP contribution in [0.3, 0.4) is 0 Å². The molecule has 1 aliphatic carbocycles. The smallest absolute Gasteiger partial charge is 0.387 e. The van der Waals surface area contributed by atoms with Crippen LogP contribution in [0.5, 0.6) is 0 Å². The predicted octanol–water partition coefficient (Wildman–Crippen LogP) is -4.82. The Hall–Kier alpha value is -3.61. The molecule has 0 aromatic carbocycles. The molecule has 13 atom stereocenters. The fourth-order valence-corrected chi connectivity index (χ4v) is 9.95. The molecule has 1 saturated carbocycles. The molecule has 2 saturated heterocycles. The van der Waals surface area contributed by atoms with Gasteiger partial charge in [-0.2, -0.15) is 19.1 Å². The molecule has 30 nitrogen and oxygen atoms in total. The predicted molar refractivity (Wildman–Crippen MR) is 196 cm³/mol. The molecule has 4 aromatic heterocycles. The van der Waals surface area contributed by atoms with Gasteiger partial charge in [0.1, 0.15) is 36.6 Å². The van der Waals surface area contributed by atoms with E-state index in [4.69, 9.17) is 43.6 Å². The Morgan fingerprint density at radius 1 is 0.689 bits per heavy atom. The van der Waals surface area contributed by atoms with Crippen LogP contribution in [0.4, 0.5) is 11.9 Å². The maximum atomic E-state index is 13.1. The number of nitrogens with one attached hydrogen (secondary N) is 2. The van der Waals surface area contributed by atoms with Crippen LogP contribution in [0.15, 0.2) is 22.2 Å². The lowest BCUT2D eigenvalue weighted by Crippen LogP contribution is -2.37. The molecule has 3 fully saturated rings. The van der Waals surface area contributed by atoms with E-state index >= 15 is 0 Å². The highest BCUT2D eigenvalue weighted by Crippen LogP contribution is 2.52. The highest BCUT2D eigenvalue weighted by atomic mass is 31.2. The summed E-state index contributed by atoms with van der Waals surface area (Å²) in [7, 11) is -12.6. The number of imidazole rings is 2. The van der Waals surface area contributed by atoms with Gasteiger partial charge in [0.2, 0.25) is 37.0 Å². The lowest BCUT2D eigenvalue weighted by atomic mass is 9.93. The number of rotatable bonds is 14. The monoisotopic (exact) mass is 932 g/mol. The van der Waals surface area contributed by atoms with Crippen LogP contribution >= 0.6 is 23.5 Å². The summed E-state index contributed by atoms with van der Waals surface area (Å²) in [4.78, 5) is 77.8. The molecule has 33 heteroatoms. The molecule has 3 aliphatic rings. The zero-order valence-corrected chi connectivity index (χ0v) is 34.4. The number of aryl methyl sites for hydroxylation is 2. The number of anilines is 2. The topological polar surface area (TPSA) is 439 Å². The van der Waals surface area contributed by atoms with Crippen LogP contribution < -0.4 is 31.7 Å². The molecule has 0 bridgehead atoms. The summed E-state index contributed by atoms with van der Waals surface area (Å²) < 4.78 is 79.9. The van der Waals surface area contributed by atoms with Crippen molar-refractivity contribution < 1.29 is 94.9 Å². The first-order chi connectivity index (χ1) is 28.4. The molecule has 338 valence electrons. The molecular formula is C28H43N10O20P3+2. The number of phosphoric acid groups is 3. The minimum atomic E-state index is -5.21. The highest BCUT2D eigenvalue weighted by Gasteiger charge is 2.51. The summed E-state index contributed by atoms with van der Waals surface area (Å²) >= 11 is 0. The SMILES string of the molecule is C[n+]1cn([C@@H]2O[C@H](COP(=O)(O)O[C@@H]3C[C@H](OP(=O)(O)O)C[C@H](OP(=O)(O)OC[C@H]4O[C@@H](n5c[n+](C)c6c(=O)[nH]c(N)nc65)[C@H](O)[C@@H]4O)C3)[C@@H](O)[C@H]2O)c2nc(N)[nH]c(=O)c21. The minimum absolute atomic E-state index is 0.0200. The molecule has 61 heavy (non-hydrogen) atoms. The highest BCUT2D eigenvalue weighted by molar-refractivity contribution is 7.47. The third-order valence-electron chi connectivity index (χ3n) is 10.0. The summed E-state index contributed by atoms with van der Waals surface area (Å²) in [5.41, 5.74) is 10.2. The first-order valence-electron chi connectivity index (χ1n) is 18.0. The Kier molecular flexibility index (Phi) is 12.5. The number of aliphatic hydroxyl groups is 4. The number of hydrogen-bond acceptors (Lipinski definition) is 20. The number of aliphatic hydroxyl groups excluding tert-OH is 4. The van der Waals surface area contributed by atoms with E-state index in [1.54, 1.807) is 0 Å². The summed E-state index contributed by atoms with van der Waals surface area (Å²) in [6.07, 6.45) is -15.7. The van der Waals surface area contributed by atoms with Crippen LogP contribution in [-0.2, 0) is 59.9 Å². The van der Waals surface area contributed by atoms with Gasteiger partial charge in [0.25, 0.3) is 22.3 Å². The Labute approximate surface area is 340 Å². The van der Waals surface area contributed by atoms with E-state index in [0.29, 0.717) is 0 Å². The maximum absolute atomic E-state index is 13.1. The van der Waals surface area contributed by atoms with Crippen LogP contribution in [0, 0.1) is 0 Å². The van der Waals surface area contributed by atoms with Crippen molar-refractivity contribution in [3.8, 4) is 0 Å². The minimum Gasteiger partial charge on any atom is -0.387 e. The Morgan fingerprint density at radius 3 is 1.41 bits per heavy atom. The van der Waals surface area contributed by atoms with Gasteiger partial charge in [-0.05, 0) is 0 Å². The zero-order valence-electron chi connectivity index (χ0n) is 31.7. The standard InChI is InChI=1S/C28H41N10O20P3/c1-35-8-37(21-15(35)23(43)33-27(29)31-21)25-19(41)17(39)13(54-25)6-52-60(48,49)57-11-3-10(56-59(45,46)47)4-12(5-11)58-61(50,51)53-7-14-18(40)20(42)26(55-14)38-9-36(2)16-22(38)32-28(30)34-24(16)44/h8-14,17-20,25-26,39-42H,3-7H2,1-2H3,(H8-2,29,30,31,32,33,34,43,44,45,46,47,48,49,50,51)/p+2/t10-,11+,12-,13-,14-,17-,18-,19-,20-,25-,26-/m1/s1. The third-order valence-corrected chi connectivity index (χ3v) is 12.7. The normalized spacial score (nSPS) is 31.8. The second-order valence-corrected chi connectivity index (χ2v) is 18.5. The van der Waals surface area contributed by atoms with Crippen molar-refractivity contribution in [1.82, 2.24) is 29.1 Å². The molecule has 2 aliphatic heterocycles. The van der Waals surface area contributed by atoms with Crippen LogP contribution in [0.25, 0.3) is 22.3 Å². The molecule has 0 radical (unpaired) electrons. The van der Waals surface area contributed by atoms with Crippen molar-refractivity contribution in [2.75, 3.05) is 24.7 Å². The average molecular weight is 933 g/mol. The molecule has 14 N–H and O–H groups in total.